The van der Waals surface area contributed by atoms with Crippen molar-refractivity contribution >= 4 is 5.95 Å². The summed E-state index contributed by atoms with van der Waals surface area (Å²) in [7, 11) is 0. The van der Waals surface area contributed by atoms with E-state index in [4.69, 9.17) is 0 Å². The number of rotatable bonds is 3. The number of imidazole rings is 1. The molecule has 1 aliphatic rings. The molecule has 2 rings (SSSR count). The van der Waals surface area contributed by atoms with Gasteiger partial charge in [-0.25, -0.2) is 4.98 Å². The van der Waals surface area contributed by atoms with Crippen molar-refractivity contribution in [2.75, 3.05) is 5.32 Å². The van der Waals surface area contributed by atoms with Gasteiger partial charge in [0.1, 0.15) is 0 Å². The normalized spacial score (nSPS) is 25.7. The molecule has 3 nitrogen and oxygen atoms in total. The Bertz CT molecular complexity index is 343. The van der Waals surface area contributed by atoms with E-state index in [0.717, 1.165) is 24.1 Å². The van der Waals surface area contributed by atoms with Gasteiger partial charge < -0.3 is 9.88 Å². The molecule has 0 aromatic carbocycles. The summed E-state index contributed by atoms with van der Waals surface area (Å²) in [6.45, 7) is 7.56. The SMILES string of the molecule is CCn1cc(C)nc1NC1CCCC(C)C1. The first kappa shape index (κ1) is 11.5. The molecule has 1 N–H and O–H groups in total. The van der Waals surface area contributed by atoms with Crippen molar-refractivity contribution in [2.24, 2.45) is 5.92 Å². The third-order valence-electron chi connectivity index (χ3n) is 3.51. The van der Waals surface area contributed by atoms with Gasteiger partial charge in [0.25, 0.3) is 0 Å². The number of hydrogen-bond donors (Lipinski definition) is 1. The number of nitrogens with one attached hydrogen (secondary N) is 1. The van der Waals surface area contributed by atoms with Crippen LogP contribution in [0.1, 0.15) is 45.2 Å². The van der Waals surface area contributed by atoms with Gasteiger partial charge in [-0.05, 0) is 32.6 Å². The van der Waals surface area contributed by atoms with Crippen LogP contribution in [0.5, 0.6) is 0 Å². The lowest BCUT2D eigenvalue weighted by molar-refractivity contribution is 0.357. The Morgan fingerprint density at radius 3 is 3.00 bits per heavy atom. The van der Waals surface area contributed by atoms with E-state index in [0.29, 0.717) is 6.04 Å². The van der Waals surface area contributed by atoms with Gasteiger partial charge in [-0.2, -0.15) is 0 Å². The van der Waals surface area contributed by atoms with E-state index in [1.807, 2.05) is 0 Å². The monoisotopic (exact) mass is 221 g/mol. The molecule has 0 amide bonds. The lowest BCUT2D eigenvalue weighted by atomic mass is 9.87. The highest BCUT2D eigenvalue weighted by Gasteiger charge is 2.19. The molecule has 0 aliphatic heterocycles. The molecule has 2 atom stereocenters. The lowest BCUT2D eigenvalue weighted by Gasteiger charge is -2.27. The van der Waals surface area contributed by atoms with Gasteiger partial charge in [-0.3, -0.25) is 0 Å². The largest absolute Gasteiger partial charge is 0.353 e. The number of aryl methyl sites for hydroxylation is 2. The molecule has 3 heteroatoms. The van der Waals surface area contributed by atoms with Crippen molar-refractivity contribution in [1.29, 1.82) is 0 Å². The van der Waals surface area contributed by atoms with Crippen molar-refractivity contribution in [1.82, 2.24) is 9.55 Å². The second-order valence-corrected chi connectivity index (χ2v) is 5.10. The maximum atomic E-state index is 4.55. The summed E-state index contributed by atoms with van der Waals surface area (Å²) in [6.07, 6.45) is 7.44. The second-order valence-electron chi connectivity index (χ2n) is 5.10. The van der Waals surface area contributed by atoms with Crippen molar-refractivity contribution < 1.29 is 0 Å². The van der Waals surface area contributed by atoms with Crippen molar-refractivity contribution in [3.8, 4) is 0 Å². The Morgan fingerprint density at radius 2 is 2.31 bits per heavy atom. The zero-order valence-electron chi connectivity index (χ0n) is 10.7. The third-order valence-corrected chi connectivity index (χ3v) is 3.51. The highest BCUT2D eigenvalue weighted by atomic mass is 15.2. The minimum Gasteiger partial charge on any atom is -0.353 e. The van der Waals surface area contributed by atoms with Crippen LogP contribution in [0, 0.1) is 12.8 Å². The average Bonchev–Trinajstić information content (AvgIpc) is 2.59. The quantitative estimate of drug-likeness (QED) is 0.849. The van der Waals surface area contributed by atoms with Gasteiger partial charge in [0.2, 0.25) is 5.95 Å². The maximum absolute atomic E-state index is 4.55. The fraction of sp³-hybridized carbons (Fsp3) is 0.769. The first-order valence-electron chi connectivity index (χ1n) is 6.49. The van der Waals surface area contributed by atoms with Crippen LogP contribution >= 0.6 is 0 Å². The van der Waals surface area contributed by atoms with Crippen LogP contribution in [-0.2, 0) is 6.54 Å². The van der Waals surface area contributed by atoms with Gasteiger partial charge in [0.15, 0.2) is 0 Å². The average molecular weight is 221 g/mol. The molecule has 1 aliphatic carbocycles. The van der Waals surface area contributed by atoms with E-state index in [2.05, 4.69) is 41.8 Å². The molecule has 2 unspecified atom stereocenters. The standard InChI is InChI=1S/C13H23N3/c1-4-16-9-11(3)14-13(16)15-12-7-5-6-10(2)8-12/h9-10,12H,4-8H2,1-3H3,(H,14,15). The first-order valence-corrected chi connectivity index (χ1v) is 6.49. The zero-order chi connectivity index (χ0) is 11.5. The fourth-order valence-corrected chi connectivity index (χ4v) is 2.65. The number of anilines is 1. The fourth-order valence-electron chi connectivity index (χ4n) is 2.65. The van der Waals surface area contributed by atoms with Crippen LogP contribution < -0.4 is 5.32 Å². The molecule has 0 spiro atoms. The molecule has 0 radical (unpaired) electrons. The molecule has 1 aromatic heterocycles. The van der Waals surface area contributed by atoms with E-state index < -0.39 is 0 Å². The highest BCUT2D eigenvalue weighted by molar-refractivity contribution is 5.30. The van der Waals surface area contributed by atoms with E-state index in [1.165, 1.54) is 25.7 Å². The Labute approximate surface area is 98.3 Å². The summed E-state index contributed by atoms with van der Waals surface area (Å²) in [5.41, 5.74) is 1.10. The molecular formula is C13H23N3. The van der Waals surface area contributed by atoms with E-state index in [9.17, 15) is 0 Å². The van der Waals surface area contributed by atoms with Crippen LogP contribution in [0.4, 0.5) is 5.95 Å². The van der Waals surface area contributed by atoms with Crippen LogP contribution in [0.15, 0.2) is 6.20 Å². The predicted molar refractivity (Wildman–Crippen MR) is 67.7 cm³/mol. The van der Waals surface area contributed by atoms with Gasteiger partial charge in [0.05, 0.1) is 5.69 Å². The first-order chi connectivity index (χ1) is 7.69. The van der Waals surface area contributed by atoms with Gasteiger partial charge in [-0.1, -0.05) is 19.8 Å². The van der Waals surface area contributed by atoms with E-state index >= 15 is 0 Å². The van der Waals surface area contributed by atoms with Gasteiger partial charge in [0, 0.05) is 18.8 Å². The molecule has 90 valence electrons. The molecular weight excluding hydrogens is 198 g/mol. The van der Waals surface area contributed by atoms with Gasteiger partial charge >= 0.3 is 0 Å². The minimum atomic E-state index is 0.621. The van der Waals surface area contributed by atoms with E-state index in [-0.39, 0.29) is 0 Å². The molecule has 1 aromatic rings. The summed E-state index contributed by atoms with van der Waals surface area (Å²) in [5.74, 6) is 1.91. The molecule has 1 saturated carbocycles. The van der Waals surface area contributed by atoms with Gasteiger partial charge in [-0.15, -0.1) is 0 Å². The minimum absolute atomic E-state index is 0.621. The Hall–Kier alpha value is -0.990. The number of nitrogens with zero attached hydrogens (tertiary/aromatic N) is 2. The summed E-state index contributed by atoms with van der Waals surface area (Å²) in [6, 6.07) is 0.621. The lowest BCUT2D eigenvalue weighted by Crippen LogP contribution is -2.27. The Morgan fingerprint density at radius 1 is 1.50 bits per heavy atom. The Balaban J connectivity index is 2.02. The summed E-state index contributed by atoms with van der Waals surface area (Å²) < 4.78 is 2.20. The zero-order valence-corrected chi connectivity index (χ0v) is 10.7. The summed E-state index contributed by atoms with van der Waals surface area (Å²) in [4.78, 5) is 4.55. The van der Waals surface area contributed by atoms with Crippen LogP contribution in [0.25, 0.3) is 0 Å². The highest BCUT2D eigenvalue weighted by Crippen LogP contribution is 2.25. The molecule has 1 heterocycles. The molecule has 0 bridgehead atoms. The number of hydrogen-bond acceptors (Lipinski definition) is 2. The summed E-state index contributed by atoms with van der Waals surface area (Å²) in [5, 5.41) is 3.60. The Kier molecular flexibility index (Phi) is 3.52. The predicted octanol–water partition coefficient (Wildman–Crippen LogP) is 3.20. The van der Waals surface area contributed by atoms with Crippen LogP contribution in [0.3, 0.4) is 0 Å². The van der Waals surface area contributed by atoms with Crippen molar-refractivity contribution in [3.05, 3.63) is 11.9 Å². The van der Waals surface area contributed by atoms with Crippen molar-refractivity contribution in [2.45, 2.75) is 59.0 Å². The third kappa shape index (κ3) is 2.57. The smallest absolute Gasteiger partial charge is 0.203 e. The molecule has 16 heavy (non-hydrogen) atoms. The molecule has 1 fully saturated rings. The maximum Gasteiger partial charge on any atom is 0.203 e. The van der Waals surface area contributed by atoms with Crippen LogP contribution in [0.2, 0.25) is 0 Å². The van der Waals surface area contributed by atoms with Crippen molar-refractivity contribution in [3.63, 3.8) is 0 Å². The second kappa shape index (κ2) is 4.89. The topological polar surface area (TPSA) is 29.9 Å². The summed E-state index contributed by atoms with van der Waals surface area (Å²) >= 11 is 0. The number of aromatic nitrogens is 2. The van der Waals surface area contributed by atoms with Crippen LogP contribution in [-0.4, -0.2) is 15.6 Å². The van der Waals surface area contributed by atoms with E-state index in [1.54, 1.807) is 0 Å². The molecule has 0 saturated heterocycles.